The fraction of sp³-hybridized carbons (Fsp3) is 0.385. The van der Waals surface area contributed by atoms with Crippen LogP contribution in [-0.2, 0) is 23.2 Å². The first-order valence-electron chi connectivity index (χ1n) is 6.45. The molecule has 0 amide bonds. The minimum atomic E-state index is -0.916. The van der Waals surface area contributed by atoms with E-state index in [9.17, 15) is 14.9 Å². The van der Waals surface area contributed by atoms with Crippen LogP contribution in [0, 0.1) is 10.1 Å². The van der Waals surface area contributed by atoms with Crippen LogP contribution in [0.2, 0.25) is 0 Å². The molecule has 1 saturated heterocycles. The van der Waals surface area contributed by atoms with Gasteiger partial charge in [0, 0.05) is 24.4 Å². The van der Waals surface area contributed by atoms with E-state index >= 15 is 0 Å². The molecule has 8 heteroatoms. The summed E-state index contributed by atoms with van der Waals surface area (Å²) in [4.78, 5) is 22.4. The summed E-state index contributed by atoms with van der Waals surface area (Å²) in [5.41, 5.74) is 0.237. The van der Waals surface area contributed by atoms with Crippen molar-refractivity contribution < 1.29 is 19.0 Å². The smallest absolute Gasteiger partial charge is 0.413 e. The van der Waals surface area contributed by atoms with E-state index in [4.69, 9.17) is 4.74 Å². The van der Waals surface area contributed by atoms with Crippen molar-refractivity contribution in [2.24, 2.45) is 7.05 Å². The highest BCUT2D eigenvalue weighted by molar-refractivity contribution is 8.03. The van der Waals surface area contributed by atoms with Gasteiger partial charge in [-0.1, -0.05) is 0 Å². The first kappa shape index (κ1) is 15.3. The Balaban J connectivity index is 2.09. The number of hydrogen-bond donors (Lipinski definition) is 1. The minimum Gasteiger partial charge on any atom is -0.446 e. The summed E-state index contributed by atoms with van der Waals surface area (Å²) in [6.07, 6.45) is 2.72. The Labute approximate surface area is 126 Å². The number of carbonyl (C=O) groups is 1. The number of carbonyl (C=O) groups excluding carboxylic acids is 1. The van der Waals surface area contributed by atoms with Gasteiger partial charge in [-0.3, -0.25) is 10.1 Å². The van der Waals surface area contributed by atoms with Crippen LogP contribution >= 0.6 is 11.8 Å². The highest BCUT2D eigenvalue weighted by Crippen LogP contribution is 2.23. The number of rotatable bonds is 4. The van der Waals surface area contributed by atoms with Crippen LogP contribution < -0.4 is 9.88 Å². The van der Waals surface area contributed by atoms with Gasteiger partial charge in [0.25, 0.3) is 0 Å². The summed E-state index contributed by atoms with van der Waals surface area (Å²) < 4.78 is 6.86. The van der Waals surface area contributed by atoms with Crippen molar-refractivity contribution >= 4 is 17.7 Å². The molecular weight excluding hydrogens is 294 g/mol. The second kappa shape index (κ2) is 7.07. The van der Waals surface area contributed by atoms with Gasteiger partial charge < -0.3 is 10.1 Å². The maximum Gasteiger partial charge on any atom is 0.413 e. The van der Waals surface area contributed by atoms with E-state index < -0.39 is 16.6 Å². The molecule has 1 aliphatic rings. The number of thioether (sulfide) groups is 1. The maximum atomic E-state index is 12.0. The van der Waals surface area contributed by atoms with Crippen molar-refractivity contribution in [3.63, 3.8) is 0 Å². The van der Waals surface area contributed by atoms with Crippen molar-refractivity contribution in [3.8, 4) is 0 Å². The lowest BCUT2D eigenvalue weighted by Crippen LogP contribution is -2.34. The summed E-state index contributed by atoms with van der Waals surface area (Å²) in [7, 11) is 1.81. The number of pyridine rings is 1. The molecule has 112 valence electrons. The van der Waals surface area contributed by atoms with Gasteiger partial charge in [-0.25, -0.2) is 9.36 Å². The SMILES string of the molecule is C[n+]1ccccc1COC(=O)/C(=C1\NCCCS1)[N+](=O)[O-]. The first-order valence-corrected chi connectivity index (χ1v) is 7.44. The van der Waals surface area contributed by atoms with E-state index in [2.05, 4.69) is 5.32 Å². The number of ether oxygens (including phenoxy) is 1. The normalized spacial score (nSPS) is 16.8. The summed E-state index contributed by atoms with van der Waals surface area (Å²) in [5.74, 6) is -0.165. The third-order valence-corrected chi connectivity index (χ3v) is 4.08. The molecule has 2 rings (SSSR count). The second-order valence-corrected chi connectivity index (χ2v) is 5.55. The van der Waals surface area contributed by atoms with Gasteiger partial charge in [0.2, 0.25) is 5.69 Å². The van der Waals surface area contributed by atoms with Gasteiger partial charge in [-0.05, 0) is 12.5 Å². The third-order valence-electron chi connectivity index (χ3n) is 2.96. The maximum absolute atomic E-state index is 12.0. The number of esters is 1. The standard InChI is InChI=1S/C13H15N3O4S/c1-15-7-3-2-5-10(15)9-20-13(17)11(16(18)19)12-14-6-4-8-21-12/h2-3,5,7H,4,6,8-9H2,1H3/p+1. The van der Waals surface area contributed by atoms with Gasteiger partial charge in [0.15, 0.2) is 17.8 Å². The van der Waals surface area contributed by atoms with Crippen LogP contribution in [0.1, 0.15) is 12.1 Å². The van der Waals surface area contributed by atoms with Crippen molar-refractivity contribution in [1.29, 1.82) is 0 Å². The van der Waals surface area contributed by atoms with Crippen molar-refractivity contribution in [2.45, 2.75) is 13.0 Å². The Kier molecular flexibility index (Phi) is 5.15. The Hall–Kier alpha value is -2.09. The fourth-order valence-corrected chi connectivity index (χ4v) is 2.81. The fourth-order valence-electron chi connectivity index (χ4n) is 1.82. The molecule has 0 atom stereocenters. The molecule has 1 N–H and O–H groups in total. The van der Waals surface area contributed by atoms with Gasteiger partial charge >= 0.3 is 11.7 Å². The van der Waals surface area contributed by atoms with Crippen LogP contribution in [0.25, 0.3) is 0 Å². The van der Waals surface area contributed by atoms with Crippen LogP contribution in [0.4, 0.5) is 0 Å². The average molecular weight is 310 g/mol. The summed E-state index contributed by atoms with van der Waals surface area (Å²) >= 11 is 1.27. The molecule has 1 fully saturated rings. The zero-order valence-electron chi connectivity index (χ0n) is 11.6. The van der Waals surface area contributed by atoms with Crippen LogP contribution in [0.15, 0.2) is 35.1 Å². The lowest BCUT2D eigenvalue weighted by atomic mass is 10.3. The lowest BCUT2D eigenvalue weighted by Gasteiger charge is -2.15. The number of aryl methyl sites for hydroxylation is 1. The van der Waals surface area contributed by atoms with Gasteiger partial charge in [-0.2, -0.15) is 0 Å². The Morgan fingerprint density at radius 3 is 3.00 bits per heavy atom. The van der Waals surface area contributed by atoms with Crippen LogP contribution in [-0.4, -0.2) is 23.2 Å². The van der Waals surface area contributed by atoms with E-state index in [0.29, 0.717) is 6.54 Å². The molecular formula is C13H16N3O4S+. The van der Waals surface area contributed by atoms with E-state index in [1.54, 1.807) is 10.6 Å². The molecule has 0 aromatic carbocycles. The molecule has 1 aromatic rings. The highest BCUT2D eigenvalue weighted by atomic mass is 32.2. The van der Waals surface area contributed by atoms with Crippen LogP contribution in [0.3, 0.4) is 0 Å². The molecule has 0 unspecified atom stereocenters. The first-order chi connectivity index (χ1) is 10.1. The predicted molar refractivity (Wildman–Crippen MR) is 76.5 cm³/mol. The quantitative estimate of drug-likeness (QED) is 0.290. The van der Waals surface area contributed by atoms with E-state index in [1.165, 1.54) is 11.8 Å². The molecule has 0 saturated carbocycles. The zero-order valence-corrected chi connectivity index (χ0v) is 12.4. The number of aromatic nitrogens is 1. The largest absolute Gasteiger partial charge is 0.446 e. The number of nitrogens with zero attached hydrogens (tertiary/aromatic N) is 2. The molecule has 7 nitrogen and oxygen atoms in total. The molecule has 0 bridgehead atoms. The summed E-state index contributed by atoms with van der Waals surface area (Å²) in [5, 5.41) is 14.3. The molecule has 2 heterocycles. The molecule has 1 aliphatic heterocycles. The second-order valence-electron chi connectivity index (χ2n) is 4.44. The molecule has 1 aromatic heterocycles. The molecule has 21 heavy (non-hydrogen) atoms. The number of nitro groups is 1. The van der Waals surface area contributed by atoms with Crippen molar-refractivity contribution in [2.75, 3.05) is 12.3 Å². The van der Waals surface area contributed by atoms with E-state index in [0.717, 1.165) is 17.9 Å². The van der Waals surface area contributed by atoms with Gasteiger partial charge in [0.05, 0.1) is 4.92 Å². The number of hydrogen-bond acceptors (Lipinski definition) is 6. The zero-order chi connectivity index (χ0) is 15.2. The Morgan fingerprint density at radius 2 is 2.38 bits per heavy atom. The topological polar surface area (TPSA) is 85.3 Å². The van der Waals surface area contributed by atoms with Gasteiger partial charge in [-0.15, -0.1) is 11.8 Å². The van der Waals surface area contributed by atoms with E-state index in [1.807, 2.05) is 25.4 Å². The summed E-state index contributed by atoms with van der Waals surface area (Å²) in [6, 6.07) is 5.45. The van der Waals surface area contributed by atoms with Gasteiger partial charge in [0.1, 0.15) is 7.05 Å². The monoisotopic (exact) mass is 310 g/mol. The molecule has 0 radical (unpaired) electrons. The Morgan fingerprint density at radius 1 is 1.57 bits per heavy atom. The van der Waals surface area contributed by atoms with E-state index in [-0.39, 0.29) is 11.6 Å². The number of nitrogens with one attached hydrogen (secondary N) is 1. The van der Waals surface area contributed by atoms with Crippen molar-refractivity contribution in [3.05, 3.63) is 50.9 Å². The lowest BCUT2D eigenvalue weighted by molar-refractivity contribution is -0.681. The van der Waals surface area contributed by atoms with Crippen LogP contribution in [0.5, 0.6) is 0 Å². The Bertz CT molecular complexity index is 581. The predicted octanol–water partition coefficient (Wildman–Crippen LogP) is 0.727. The average Bonchev–Trinajstić information content (AvgIpc) is 2.47. The summed E-state index contributed by atoms with van der Waals surface area (Å²) in [6.45, 7) is 0.617. The molecule has 0 aliphatic carbocycles. The minimum absolute atomic E-state index is 0.00847. The van der Waals surface area contributed by atoms with Crippen molar-refractivity contribution in [1.82, 2.24) is 5.32 Å². The highest BCUT2D eigenvalue weighted by Gasteiger charge is 2.31. The molecule has 0 spiro atoms. The third kappa shape index (κ3) is 3.94.